The first-order valence-electron chi connectivity index (χ1n) is 18.5. The van der Waals surface area contributed by atoms with E-state index < -0.39 is 35.9 Å². The molecule has 0 fully saturated rings. The lowest BCUT2D eigenvalue weighted by Gasteiger charge is -2.28. The summed E-state index contributed by atoms with van der Waals surface area (Å²) >= 11 is 0. The molecule has 0 aliphatic rings. The lowest BCUT2D eigenvalue weighted by Crippen LogP contribution is -2.44. The van der Waals surface area contributed by atoms with Gasteiger partial charge in [0.15, 0.2) is 0 Å². The summed E-state index contributed by atoms with van der Waals surface area (Å²) in [5.74, 6) is 0. The van der Waals surface area contributed by atoms with Gasteiger partial charge >= 0.3 is 17.6 Å². The highest BCUT2D eigenvalue weighted by Crippen LogP contribution is 2.16. The molecule has 0 aromatic rings. The van der Waals surface area contributed by atoms with Crippen LogP contribution in [-0.4, -0.2) is 209 Å². The maximum absolute atomic E-state index is 10.6. The van der Waals surface area contributed by atoms with Crippen LogP contribution in [-0.2, 0) is 40.8 Å². The van der Waals surface area contributed by atoms with Crippen LogP contribution < -0.4 is 21.3 Å². The van der Waals surface area contributed by atoms with Crippen molar-refractivity contribution in [2.75, 3.05) is 148 Å². The summed E-state index contributed by atoms with van der Waals surface area (Å²) in [5, 5.41) is 44.5. The highest BCUT2D eigenvalue weighted by Gasteiger charge is 2.37. The quantitative estimate of drug-likeness (QED) is 0.0301. The largest absolute Gasteiger partial charge is 0.500 e. The number of ether oxygens (including phenoxy) is 3. The molecule has 52 heavy (non-hydrogen) atoms. The fraction of sp³-hybridized carbons (Fsp3) is 1.00. The number of rotatable bonds is 38. The van der Waals surface area contributed by atoms with Gasteiger partial charge in [-0.1, -0.05) is 0 Å². The molecule has 0 aromatic heterocycles. The van der Waals surface area contributed by atoms with E-state index in [0.717, 1.165) is 45.7 Å². The van der Waals surface area contributed by atoms with E-state index in [1.807, 2.05) is 20.8 Å². The van der Waals surface area contributed by atoms with E-state index in [0.29, 0.717) is 64.4 Å². The SMILES string of the molecule is CO[Si](CCCOCC(O)CNCCNCCNCCN(CCNCC(O)COCCC[Si](OC)(OC)OC)CC(O)COC(C)(C)C)(OC)OC. The van der Waals surface area contributed by atoms with Gasteiger partial charge in [0.25, 0.3) is 0 Å². The molecule has 0 spiro atoms. The molecule has 3 atom stereocenters. The van der Waals surface area contributed by atoms with E-state index >= 15 is 0 Å². The fourth-order valence-corrected chi connectivity index (χ4v) is 8.44. The predicted molar refractivity (Wildman–Crippen MR) is 206 cm³/mol. The molecule has 0 rings (SSSR count). The summed E-state index contributed by atoms with van der Waals surface area (Å²) in [6.45, 7) is 15.0. The summed E-state index contributed by atoms with van der Waals surface area (Å²) < 4.78 is 49.5. The molecule has 314 valence electrons. The standard InChI is InChI=1S/C33H77N5O12Si2/c1-33(2,3)50-29-32(41)26-38(19-17-37-25-31(40)28-49-21-11-23-52(45-7,46-8)47-9)18-16-35-13-12-34-14-15-36-24-30(39)27-48-20-10-22-51(42-4,43-5)44-6/h30-32,34-37,39-41H,10-29H2,1-9H3. The number of aliphatic hydroxyl groups excluding tert-OH is 3. The Labute approximate surface area is 316 Å². The number of hydrogen-bond acceptors (Lipinski definition) is 17. The molecular weight excluding hydrogens is 715 g/mol. The van der Waals surface area contributed by atoms with Crippen molar-refractivity contribution in [3.05, 3.63) is 0 Å². The van der Waals surface area contributed by atoms with Gasteiger partial charge < -0.3 is 77.4 Å². The summed E-state index contributed by atoms with van der Waals surface area (Å²) in [7, 11) is 4.36. The molecule has 0 radical (unpaired) electrons. The van der Waals surface area contributed by atoms with Crippen molar-refractivity contribution >= 4 is 17.6 Å². The molecule has 19 heteroatoms. The third kappa shape index (κ3) is 27.4. The number of aliphatic hydroxyl groups is 3. The summed E-state index contributed by atoms with van der Waals surface area (Å²) in [6, 6.07) is 1.30. The summed E-state index contributed by atoms with van der Waals surface area (Å²) in [4.78, 5) is 2.19. The van der Waals surface area contributed by atoms with Gasteiger partial charge in [0, 0.05) is 140 Å². The Morgan fingerprint density at radius 3 is 1.35 bits per heavy atom. The first kappa shape index (κ1) is 51.8. The Kier molecular flexibility index (Phi) is 31.8. The van der Waals surface area contributed by atoms with Crippen LogP contribution in [0.25, 0.3) is 0 Å². The van der Waals surface area contributed by atoms with E-state index in [1.54, 1.807) is 42.7 Å². The highest BCUT2D eigenvalue weighted by molar-refractivity contribution is 6.60. The molecule has 17 nitrogen and oxygen atoms in total. The first-order valence-corrected chi connectivity index (χ1v) is 22.4. The minimum atomic E-state index is -2.61. The van der Waals surface area contributed by atoms with Gasteiger partial charge in [-0.3, -0.25) is 4.90 Å². The van der Waals surface area contributed by atoms with Gasteiger partial charge in [-0.25, -0.2) is 0 Å². The normalized spacial score (nSPS) is 14.7. The van der Waals surface area contributed by atoms with Crippen LogP contribution >= 0.6 is 0 Å². The van der Waals surface area contributed by atoms with Crippen molar-refractivity contribution in [1.82, 2.24) is 26.2 Å². The van der Waals surface area contributed by atoms with Crippen LogP contribution in [0.1, 0.15) is 33.6 Å². The summed E-state index contributed by atoms with van der Waals surface area (Å²) in [6.07, 6.45) is -0.371. The zero-order chi connectivity index (χ0) is 39.1. The van der Waals surface area contributed by atoms with Crippen LogP contribution in [0.2, 0.25) is 12.1 Å². The average molecular weight is 792 g/mol. The molecule has 0 aromatic carbocycles. The van der Waals surface area contributed by atoms with Gasteiger partial charge in [-0.2, -0.15) is 0 Å². The van der Waals surface area contributed by atoms with Gasteiger partial charge in [0.05, 0.1) is 43.7 Å². The van der Waals surface area contributed by atoms with Crippen LogP contribution in [0.3, 0.4) is 0 Å². The highest BCUT2D eigenvalue weighted by atomic mass is 28.4. The van der Waals surface area contributed by atoms with Crippen molar-refractivity contribution in [2.24, 2.45) is 0 Å². The molecule has 0 heterocycles. The predicted octanol–water partition coefficient (Wildman–Crippen LogP) is -0.886. The third-order valence-electron chi connectivity index (χ3n) is 8.13. The van der Waals surface area contributed by atoms with Crippen molar-refractivity contribution in [3.8, 4) is 0 Å². The molecule has 0 amide bonds. The monoisotopic (exact) mass is 792 g/mol. The number of hydrogen-bond donors (Lipinski definition) is 7. The van der Waals surface area contributed by atoms with E-state index in [1.165, 1.54) is 0 Å². The topological polar surface area (TPSA) is 195 Å². The van der Waals surface area contributed by atoms with Gasteiger partial charge in [0.1, 0.15) is 0 Å². The van der Waals surface area contributed by atoms with Crippen molar-refractivity contribution in [2.45, 2.75) is 69.6 Å². The Balaban J connectivity index is 4.20. The van der Waals surface area contributed by atoms with Crippen LogP contribution in [0.15, 0.2) is 0 Å². The molecule has 0 aliphatic carbocycles. The van der Waals surface area contributed by atoms with E-state index in [-0.39, 0.29) is 25.4 Å². The fourth-order valence-electron chi connectivity index (χ4n) is 5.06. The second-order valence-corrected chi connectivity index (χ2v) is 19.7. The van der Waals surface area contributed by atoms with E-state index in [2.05, 4.69) is 26.2 Å². The zero-order valence-electron chi connectivity index (χ0n) is 33.8. The Morgan fingerprint density at radius 2 is 0.923 bits per heavy atom. The van der Waals surface area contributed by atoms with Gasteiger partial charge in [-0.15, -0.1) is 0 Å². The molecule has 0 saturated heterocycles. The molecule has 7 N–H and O–H groups in total. The average Bonchev–Trinajstić information content (AvgIpc) is 3.13. The number of nitrogens with one attached hydrogen (secondary N) is 4. The summed E-state index contributed by atoms with van der Waals surface area (Å²) in [5.41, 5.74) is -0.318. The second kappa shape index (κ2) is 31.9. The minimum absolute atomic E-state index is 0.232. The molecule has 0 saturated carbocycles. The lowest BCUT2D eigenvalue weighted by molar-refractivity contribution is -0.0559. The zero-order valence-corrected chi connectivity index (χ0v) is 35.8. The van der Waals surface area contributed by atoms with Crippen molar-refractivity contribution in [1.29, 1.82) is 0 Å². The minimum Gasteiger partial charge on any atom is -0.389 e. The Hall–Kier alpha value is -0.246. The third-order valence-corrected chi connectivity index (χ3v) is 13.8. The maximum Gasteiger partial charge on any atom is 0.500 e. The maximum atomic E-state index is 10.6. The van der Waals surface area contributed by atoms with E-state index in [9.17, 15) is 15.3 Å². The van der Waals surface area contributed by atoms with Gasteiger partial charge in [-0.05, 0) is 33.6 Å². The van der Waals surface area contributed by atoms with Crippen LogP contribution in [0.5, 0.6) is 0 Å². The molecule has 0 aliphatic heterocycles. The Morgan fingerprint density at radius 1 is 0.538 bits per heavy atom. The van der Waals surface area contributed by atoms with E-state index in [4.69, 9.17) is 40.8 Å². The smallest absolute Gasteiger partial charge is 0.389 e. The number of nitrogens with zero attached hydrogens (tertiary/aromatic N) is 1. The second-order valence-electron chi connectivity index (χ2n) is 13.5. The van der Waals surface area contributed by atoms with Gasteiger partial charge in [0.2, 0.25) is 0 Å². The molecule has 0 bridgehead atoms. The van der Waals surface area contributed by atoms with Crippen molar-refractivity contribution in [3.63, 3.8) is 0 Å². The lowest BCUT2D eigenvalue weighted by atomic mass is 10.2. The Bertz CT molecular complexity index is 788. The molecule has 3 unspecified atom stereocenters. The van der Waals surface area contributed by atoms with Crippen molar-refractivity contribution < 1.29 is 56.1 Å². The first-order chi connectivity index (χ1) is 24.8. The van der Waals surface area contributed by atoms with Crippen LogP contribution in [0, 0.1) is 0 Å². The van der Waals surface area contributed by atoms with Crippen LogP contribution in [0.4, 0.5) is 0 Å². The molecular formula is C33H77N5O12Si2.